The number of anilines is 1. The standard InChI is InChI=1S/C26H33N7O/c1-17-10-19(11-20-15-31(2)9-8-22(17)20)23-13-28-24(27)25(30-23)33-16-21(12-29-33)26(34)32(3)14-18-6-4-5-7-18/h10-13,16,18H,4-9,14-15H2,1-3H3,(H2,27,28). The van der Waals surface area contributed by atoms with Crippen molar-refractivity contribution in [3.8, 4) is 17.1 Å². The van der Waals surface area contributed by atoms with Crippen molar-refractivity contribution in [1.82, 2.24) is 29.5 Å². The predicted molar refractivity (Wildman–Crippen MR) is 133 cm³/mol. The van der Waals surface area contributed by atoms with Crippen molar-refractivity contribution in [2.75, 3.05) is 32.9 Å². The second-order valence-electron chi connectivity index (χ2n) is 9.89. The molecule has 34 heavy (non-hydrogen) atoms. The van der Waals surface area contributed by atoms with Gasteiger partial charge < -0.3 is 15.5 Å². The number of carbonyl (C=O) groups is 1. The number of aromatic nitrogens is 4. The third kappa shape index (κ3) is 4.42. The Bertz CT molecular complexity index is 1210. The highest BCUT2D eigenvalue weighted by Crippen LogP contribution is 2.29. The van der Waals surface area contributed by atoms with E-state index in [9.17, 15) is 4.79 Å². The highest BCUT2D eigenvalue weighted by atomic mass is 16.2. The van der Waals surface area contributed by atoms with Gasteiger partial charge in [-0.25, -0.2) is 14.6 Å². The van der Waals surface area contributed by atoms with E-state index in [2.05, 4.69) is 41.1 Å². The van der Waals surface area contributed by atoms with Gasteiger partial charge in [0.2, 0.25) is 0 Å². The number of nitrogens with two attached hydrogens (primary N) is 1. The van der Waals surface area contributed by atoms with Crippen LogP contribution in [0.15, 0.2) is 30.7 Å². The zero-order valence-electron chi connectivity index (χ0n) is 20.3. The van der Waals surface area contributed by atoms with Crippen LogP contribution < -0.4 is 5.73 Å². The Balaban J connectivity index is 1.41. The molecule has 1 aromatic carbocycles. The molecule has 0 spiro atoms. The van der Waals surface area contributed by atoms with Crippen molar-refractivity contribution in [2.45, 2.75) is 45.6 Å². The van der Waals surface area contributed by atoms with E-state index in [-0.39, 0.29) is 11.7 Å². The fourth-order valence-electron chi connectivity index (χ4n) is 5.34. The molecule has 1 aliphatic carbocycles. The minimum Gasteiger partial charge on any atom is -0.381 e. The average Bonchev–Trinajstić information content (AvgIpc) is 3.51. The van der Waals surface area contributed by atoms with Crippen LogP contribution in [0.25, 0.3) is 17.1 Å². The van der Waals surface area contributed by atoms with Gasteiger partial charge in [0.15, 0.2) is 11.6 Å². The molecule has 2 N–H and O–H groups in total. The van der Waals surface area contributed by atoms with E-state index >= 15 is 0 Å². The number of hydrogen-bond donors (Lipinski definition) is 1. The number of nitrogens with zero attached hydrogens (tertiary/aromatic N) is 6. The predicted octanol–water partition coefficient (Wildman–Crippen LogP) is 3.47. The average molecular weight is 460 g/mol. The second-order valence-corrected chi connectivity index (χ2v) is 9.89. The van der Waals surface area contributed by atoms with Gasteiger partial charge in [0, 0.05) is 38.4 Å². The fraction of sp³-hybridized carbons (Fsp3) is 0.462. The molecule has 8 nitrogen and oxygen atoms in total. The second kappa shape index (κ2) is 9.18. The molecule has 0 atom stereocenters. The van der Waals surface area contributed by atoms with Gasteiger partial charge in [0.1, 0.15) is 0 Å². The zero-order chi connectivity index (χ0) is 23.8. The van der Waals surface area contributed by atoms with Crippen molar-refractivity contribution >= 4 is 11.7 Å². The molecule has 1 fully saturated rings. The van der Waals surface area contributed by atoms with Crippen LogP contribution in [0.5, 0.6) is 0 Å². The van der Waals surface area contributed by atoms with Gasteiger partial charge >= 0.3 is 0 Å². The molecule has 3 aromatic rings. The van der Waals surface area contributed by atoms with Crippen LogP contribution in [0.4, 0.5) is 5.82 Å². The minimum absolute atomic E-state index is 0.0322. The molecule has 0 saturated heterocycles. The lowest BCUT2D eigenvalue weighted by Crippen LogP contribution is -2.30. The first kappa shape index (κ1) is 22.5. The Kier molecular flexibility index (Phi) is 6.08. The minimum atomic E-state index is -0.0322. The Morgan fingerprint density at radius 1 is 1.24 bits per heavy atom. The number of rotatable bonds is 5. The molecule has 1 saturated carbocycles. The first-order chi connectivity index (χ1) is 16.4. The van der Waals surface area contributed by atoms with Crippen LogP contribution in [0.3, 0.4) is 0 Å². The summed E-state index contributed by atoms with van der Waals surface area (Å²) in [7, 11) is 4.01. The van der Waals surface area contributed by atoms with Crippen LogP contribution in [0.2, 0.25) is 0 Å². The molecule has 2 aromatic heterocycles. The lowest BCUT2D eigenvalue weighted by atomic mass is 9.92. The Morgan fingerprint density at radius 3 is 2.82 bits per heavy atom. The number of nitrogen functional groups attached to an aromatic ring is 1. The van der Waals surface area contributed by atoms with Gasteiger partial charge in [-0.05, 0) is 68.0 Å². The van der Waals surface area contributed by atoms with Gasteiger partial charge in [0.25, 0.3) is 5.91 Å². The lowest BCUT2D eigenvalue weighted by Gasteiger charge is -2.27. The molecule has 0 radical (unpaired) electrons. The van der Waals surface area contributed by atoms with Crippen molar-refractivity contribution in [3.63, 3.8) is 0 Å². The van der Waals surface area contributed by atoms with Gasteiger partial charge in [-0.2, -0.15) is 5.10 Å². The number of benzene rings is 1. The summed E-state index contributed by atoms with van der Waals surface area (Å²) < 4.78 is 1.56. The third-order valence-corrected chi connectivity index (χ3v) is 7.23. The summed E-state index contributed by atoms with van der Waals surface area (Å²) in [6.45, 7) is 4.95. The Hall–Kier alpha value is -3.26. The molecular formula is C26H33N7O. The van der Waals surface area contributed by atoms with Crippen molar-refractivity contribution in [3.05, 3.63) is 53.0 Å². The highest BCUT2D eigenvalue weighted by Gasteiger charge is 2.22. The summed E-state index contributed by atoms with van der Waals surface area (Å²) in [6, 6.07) is 4.38. The first-order valence-electron chi connectivity index (χ1n) is 12.1. The van der Waals surface area contributed by atoms with E-state index in [1.54, 1.807) is 28.2 Å². The van der Waals surface area contributed by atoms with Gasteiger partial charge in [-0.15, -0.1) is 0 Å². The number of fused-ring (bicyclic) bond motifs is 1. The van der Waals surface area contributed by atoms with Gasteiger partial charge in [0.05, 0.1) is 23.7 Å². The summed E-state index contributed by atoms with van der Waals surface area (Å²) in [5.74, 6) is 1.28. The fourth-order valence-corrected chi connectivity index (χ4v) is 5.34. The number of aryl methyl sites for hydroxylation is 1. The SMILES string of the molecule is Cc1cc(-c2cnc(N)c(-n3cc(C(=O)N(C)CC4CCCC4)cn3)n2)cc2c1CCN(C)C2. The van der Waals surface area contributed by atoms with Crippen LogP contribution in [-0.4, -0.2) is 62.6 Å². The maximum absolute atomic E-state index is 13.0. The maximum atomic E-state index is 13.0. The van der Waals surface area contributed by atoms with E-state index in [0.717, 1.165) is 37.3 Å². The molecular weight excluding hydrogens is 426 g/mol. The van der Waals surface area contributed by atoms with E-state index < -0.39 is 0 Å². The summed E-state index contributed by atoms with van der Waals surface area (Å²) in [4.78, 5) is 26.3. The van der Waals surface area contributed by atoms with Gasteiger partial charge in [-0.1, -0.05) is 12.8 Å². The maximum Gasteiger partial charge on any atom is 0.256 e. The summed E-state index contributed by atoms with van der Waals surface area (Å²) in [6.07, 6.45) is 11.0. The van der Waals surface area contributed by atoms with Crippen molar-refractivity contribution < 1.29 is 4.79 Å². The van der Waals surface area contributed by atoms with Crippen LogP contribution in [0, 0.1) is 12.8 Å². The van der Waals surface area contributed by atoms with Crippen LogP contribution in [-0.2, 0) is 13.0 Å². The van der Waals surface area contributed by atoms with Crippen LogP contribution >= 0.6 is 0 Å². The number of amides is 1. The summed E-state index contributed by atoms with van der Waals surface area (Å²) >= 11 is 0. The highest BCUT2D eigenvalue weighted by molar-refractivity contribution is 5.93. The third-order valence-electron chi connectivity index (χ3n) is 7.23. The Labute approximate surface area is 200 Å². The molecule has 0 bridgehead atoms. The molecule has 178 valence electrons. The number of carbonyl (C=O) groups excluding carboxylic acids is 1. The van der Waals surface area contributed by atoms with E-state index in [1.165, 1.54) is 42.4 Å². The largest absolute Gasteiger partial charge is 0.381 e. The molecule has 8 heteroatoms. The zero-order valence-corrected chi connectivity index (χ0v) is 20.3. The molecule has 5 rings (SSSR count). The van der Waals surface area contributed by atoms with Crippen molar-refractivity contribution in [1.29, 1.82) is 0 Å². The molecule has 1 amide bonds. The quantitative estimate of drug-likeness (QED) is 0.628. The molecule has 1 aliphatic heterocycles. The van der Waals surface area contributed by atoms with E-state index in [0.29, 0.717) is 17.3 Å². The lowest BCUT2D eigenvalue weighted by molar-refractivity contribution is 0.0773. The van der Waals surface area contributed by atoms with Crippen LogP contribution in [0.1, 0.15) is 52.7 Å². The van der Waals surface area contributed by atoms with Crippen molar-refractivity contribution in [2.24, 2.45) is 5.92 Å². The summed E-state index contributed by atoms with van der Waals surface area (Å²) in [5, 5.41) is 4.40. The van der Waals surface area contributed by atoms with E-state index in [1.807, 2.05) is 7.05 Å². The topological polar surface area (TPSA) is 93.2 Å². The molecule has 0 unspecified atom stereocenters. The monoisotopic (exact) mass is 459 g/mol. The summed E-state index contributed by atoms with van der Waals surface area (Å²) in [5.41, 5.74) is 12.5. The Morgan fingerprint density at radius 2 is 2.03 bits per heavy atom. The molecule has 3 heterocycles. The van der Waals surface area contributed by atoms with Gasteiger partial charge in [-0.3, -0.25) is 4.79 Å². The number of likely N-dealkylation sites (N-methyl/N-ethyl adjacent to an activating group) is 1. The molecule has 2 aliphatic rings. The smallest absolute Gasteiger partial charge is 0.256 e. The number of hydrogen-bond acceptors (Lipinski definition) is 6. The van der Waals surface area contributed by atoms with E-state index in [4.69, 9.17) is 10.7 Å². The normalized spacial score (nSPS) is 16.6. The first-order valence-corrected chi connectivity index (χ1v) is 12.1.